The van der Waals surface area contributed by atoms with Gasteiger partial charge >= 0.3 is 0 Å². The minimum Gasteiger partial charge on any atom is -0.334 e. The first kappa shape index (κ1) is 12.1. The van der Waals surface area contributed by atoms with Gasteiger partial charge in [-0.2, -0.15) is 10.2 Å². The Hall–Kier alpha value is -3.00. The molecule has 3 rings (SSSR count). The van der Waals surface area contributed by atoms with Crippen molar-refractivity contribution >= 4 is 0 Å². The first-order valence-corrected chi connectivity index (χ1v) is 6.07. The molecule has 0 saturated heterocycles. The lowest BCUT2D eigenvalue weighted by molar-refractivity contribution is 0.424. The van der Waals surface area contributed by atoms with Gasteiger partial charge in [0.2, 0.25) is 0 Å². The number of pyridine rings is 1. The fraction of sp³-hybridized carbons (Fsp3) is 0.0667. The summed E-state index contributed by atoms with van der Waals surface area (Å²) in [6.45, 7) is 0. The fourth-order valence-electron chi connectivity index (χ4n) is 1.85. The second kappa shape index (κ2) is 5.33. The Morgan fingerprint density at radius 3 is 2.95 bits per heavy atom. The van der Waals surface area contributed by atoms with Crippen molar-refractivity contribution in [2.75, 3.05) is 0 Å². The molecule has 96 valence electrons. The summed E-state index contributed by atoms with van der Waals surface area (Å²) in [5.41, 5.74) is 2.33. The van der Waals surface area contributed by atoms with Gasteiger partial charge in [0.15, 0.2) is 5.82 Å². The maximum absolute atomic E-state index is 8.89. The molecule has 5 nitrogen and oxygen atoms in total. The molecule has 0 radical (unpaired) electrons. The third-order valence-corrected chi connectivity index (χ3v) is 2.79. The molecule has 0 bridgehead atoms. The molecular formula is C15H10N4O. The van der Waals surface area contributed by atoms with Crippen molar-refractivity contribution in [3.8, 4) is 17.5 Å². The Labute approximate surface area is 115 Å². The fourth-order valence-corrected chi connectivity index (χ4v) is 1.85. The van der Waals surface area contributed by atoms with Crippen molar-refractivity contribution in [2.45, 2.75) is 6.42 Å². The summed E-state index contributed by atoms with van der Waals surface area (Å²) in [5, 5.41) is 12.8. The number of nitriles is 1. The lowest BCUT2D eigenvalue weighted by Crippen LogP contribution is -1.91. The van der Waals surface area contributed by atoms with E-state index in [1.165, 1.54) is 0 Å². The zero-order valence-corrected chi connectivity index (χ0v) is 10.5. The molecule has 0 N–H and O–H groups in total. The highest BCUT2D eigenvalue weighted by Crippen LogP contribution is 2.19. The largest absolute Gasteiger partial charge is 0.334 e. The Morgan fingerprint density at radius 2 is 2.15 bits per heavy atom. The van der Waals surface area contributed by atoms with E-state index in [0.717, 1.165) is 11.1 Å². The summed E-state index contributed by atoms with van der Waals surface area (Å²) >= 11 is 0. The van der Waals surface area contributed by atoms with Crippen LogP contribution in [0.15, 0.2) is 53.3 Å². The molecule has 5 heteroatoms. The highest BCUT2D eigenvalue weighted by molar-refractivity contribution is 5.56. The topological polar surface area (TPSA) is 75.6 Å². The minimum absolute atomic E-state index is 0.418. The van der Waals surface area contributed by atoms with E-state index in [0.29, 0.717) is 23.7 Å². The predicted octanol–water partition coefficient (Wildman–Crippen LogP) is 2.59. The number of nitrogens with zero attached hydrogens (tertiary/aromatic N) is 4. The maximum Gasteiger partial charge on any atom is 0.257 e. The van der Waals surface area contributed by atoms with Crippen LogP contribution in [0.3, 0.4) is 0 Å². The lowest BCUT2D eigenvalue weighted by Gasteiger charge is -1.94. The molecule has 0 atom stereocenters. The molecule has 0 aliphatic carbocycles. The number of aromatic nitrogens is 3. The first-order chi connectivity index (χ1) is 9.85. The summed E-state index contributed by atoms with van der Waals surface area (Å²) in [4.78, 5) is 8.38. The van der Waals surface area contributed by atoms with Crippen LogP contribution in [0.2, 0.25) is 0 Å². The summed E-state index contributed by atoms with van der Waals surface area (Å²) in [6, 6.07) is 13.0. The van der Waals surface area contributed by atoms with Gasteiger partial charge < -0.3 is 4.52 Å². The van der Waals surface area contributed by atoms with E-state index in [-0.39, 0.29) is 0 Å². The molecule has 1 aromatic carbocycles. The molecule has 0 spiro atoms. The van der Waals surface area contributed by atoms with Crippen LogP contribution in [0.25, 0.3) is 11.5 Å². The van der Waals surface area contributed by atoms with E-state index in [4.69, 9.17) is 9.78 Å². The van der Waals surface area contributed by atoms with Crippen molar-refractivity contribution < 1.29 is 4.52 Å². The quantitative estimate of drug-likeness (QED) is 0.725. The zero-order chi connectivity index (χ0) is 13.8. The molecule has 0 aliphatic rings. The molecule has 0 aliphatic heterocycles. The summed E-state index contributed by atoms with van der Waals surface area (Å²) in [5.74, 6) is 1.01. The monoisotopic (exact) mass is 262 g/mol. The van der Waals surface area contributed by atoms with Crippen LogP contribution in [-0.2, 0) is 6.42 Å². The Balaban J connectivity index is 1.85. The zero-order valence-electron chi connectivity index (χ0n) is 10.5. The van der Waals surface area contributed by atoms with Crippen molar-refractivity contribution in [3.05, 3.63) is 65.7 Å². The summed E-state index contributed by atoms with van der Waals surface area (Å²) in [7, 11) is 0. The van der Waals surface area contributed by atoms with Gasteiger partial charge in [-0.3, -0.25) is 4.98 Å². The van der Waals surface area contributed by atoms with Gasteiger partial charge in [0.05, 0.1) is 11.6 Å². The van der Waals surface area contributed by atoms with Crippen molar-refractivity contribution in [3.63, 3.8) is 0 Å². The second-order valence-corrected chi connectivity index (χ2v) is 4.25. The first-order valence-electron chi connectivity index (χ1n) is 6.07. The van der Waals surface area contributed by atoms with Crippen molar-refractivity contribution in [2.24, 2.45) is 0 Å². The average molecular weight is 262 g/mol. The van der Waals surface area contributed by atoms with Crippen LogP contribution in [0, 0.1) is 11.3 Å². The van der Waals surface area contributed by atoms with E-state index in [2.05, 4.69) is 21.2 Å². The number of benzene rings is 1. The molecule has 2 heterocycles. The number of rotatable bonds is 3. The van der Waals surface area contributed by atoms with Crippen molar-refractivity contribution in [1.82, 2.24) is 15.1 Å². The molecule has 0 saturated carbocycles. The van der Waals surface area contributed by atoms with E-state index in [9.17, 15) is 0 Å². The standard InChI is InChI=1S/C15H10N4O/c16-9-11-3-1-5-13(7-11)15-18-14(19-20-15)8-12-4-2-6-17-10-12/h1-7,10H,8H2. The number of hydrogen-bond donors (Lipinski definition) is 0. The SMILES string of the molecule is N#Cc1cccc(-c2nc(Cc3cccnc3)no2)c1. The molecule has 2 aromatic heterocycles. The van der Waals surface area contributed by atoms with Gasteiger partial charge in [-0.25, -0.2) is 0 Å². The molecule has 0 fully saturated rings. The lowest BCUT2D eigenvalue weighted by atomic mass is 10.1. The molecule has 20 heavy (non-hydrogen) atoms. The van der Waals surface area contributed by atoms with Gasteiger partial charge in [-0.1, -0.05) is 17.3 Å². The Kier molecular flexibility index (Phi) is 3.21. The van der Waals surface area contributed by atoms with Crippen molar-refractivity contribution in [1.29, 1.82) is 5.26 Å². The molecular weight excluding hydrogens is 252 g/mol. The van der Waals surface area contributed by atoms with Crippen LogP contribution in [0.5, 0.6) is 0 Å². The van der Waals surface area contributed by atoms with Gasteiger partial charge in [0.25, 0.3) is 5.89 Å². The smallest absolute Gasteiger partial charge is 0.257 e. The molecule has 0 amide bonds. The second-order valence-electron chi connectivity index (χ2n) is 4.25. The third-order valence-electron chi connectivity index (χ3n) is 2.79. The summed E-state index contributed by atoms with van der Waals surface area (Å²) in [6.07, 6.45) is 4.06. The van der Waals surface area contributed by atoms with Crippen LogP contribution < -0.4 is 0 Å². The predicted molar refractivity (Wildman–Crippen MR) is 71.5 cm³/mol. The number of hydrogen-bond acceptors (Lipinski definition) is 5. The van der Waals surface area contributed by atoms with Crippen LogP contribution in [0.4, 0.5) is 0 Å². The minimum atomic E-state index is 0.418. The van der Waals surface area contributed by atoms with Crippen LogP contribution in [-0.4, -0.2) is 15.1 Å². The van der Waals surface area contributed by atoms with E-state index >= 15 is 0 Å². The highest BCUT2D eigenvalue weighted by Gasteiger charge is 2.09. The maximum atomic E-state index is 8.89. The van der Waals surface area contributed by atoms with Gasteiger partial charge in [0, 0.05) is 24.4 Å². The van der Waals surface area contributed by atoms with Crippen LogP contribution >= 0.6 is 0 Å². The molecule has 3 aromatic rings. The third kappa shape index (κ3) is 2.54. The van der Waals surface area contributed by atoms with Gasteiger partial charge in [0.1, 0.15) is 0 Å². The normalized spacial score (nSPS) is 10.2. The van der Waals surface area contributed by atoms with Crippen LogP contribution in [0.1, 0.15) is 17.0 Å². The van der Waals surface area contributed by atoms with E-state index in [1.54, 1.807) is 30.6 Å². The van der Waals surface area contributed by atoms with Gasteiger partial charge in [-0.05, 0) is 29.8 Å². The Morgan fingerprint density at radius 1 is 1.20 bits per heavy atom. The Bertz CT molecular complexity index is 759. The molecule has 0 unspecified atom stereocenters. The van der Waals surface area contributed by atoms with E-state index < -0.39 is 0 Å². The average Bonchev–Trinajstić information content (AvgIpc) is 2.97. The van der Waals surface area contributed by atoms with Gasteiger partial charge in [-0.15, -0.1) is 0 Å². The summed E-state index contributed by atoms with van der Waals surface area (Å²) < 4.78 is 5.23. The highest BCUT2D eigenvalue weighted by atomic mass is 16.5. The van der Waals surface area contributed by atoms with E-state index in [1.807, 2.05) is 18.2 Å².